The summed E-state index contributed by atoms with van der Waals surface area (Å²) < 4.78 is 38.1. The second-order valence-corrected chi connectivity index (χ2v) is 6.39. The van der Waals surface area contributed by atoms with Crippen LogP contribution in [0, 0.1) is 0 Å². The first-order chi connectivity index (χ1) is 10.0. The number of benzene rings is 1. The highest BCUT2D eigenvalue weighted by molar-refractivity contribution is 7.80. The number of rotatable bonds is 3. The maximum Gasteiger partial charge on any atom is 0.298 e. The number of hydrogen-bond donors (Lipinski definition) is 0. The molecule has 0 atom stereocenters. The van der Waals surface area contributed by atoms with E-state index in [4.69, 9.17) is 4.74 Å². The van der Waals surface area contributed by atoms with E-state index in [1.807, 2.05) is 18.2 Å². The molecule has 1 aromatic rings. The van der Waals surface area contributed by atoms with Gasteiger partial charge in [-0.15, -0.1) is 0 Å². The Bertz CT molecular complexity index is 706. The second kappa shape index (κ2) is 6.55. The van der Waals surface area contributed by atoms with Crippen molar-refractivity contribution in [2.75, 3.05) is 14.2 Å². The van der Waals surface area contributed by atoms with Crippen LogP contribution in [0.1, 0.15) is 26.3 Å². The molecule has 8 heteroatoms. The molecule has 0 aromatic heterocycles. The minimum atomic E-state index is -4.41. The van der Waals surface area contributed by atoms with Gasteiger partial charge in [-0.3, -0.25) is 8.98 Å². The van der Waals surface area contributed by atoms with Crippen LogP contribution in [0.15, 0.2) is 18.2 Å². The summed E-state index contributed by atoms with van der Waals surface area (Å²) in [6.07, 6.45) is 0. The van der Waals surface area contributed by atoms with Crippen molar-refractivity contribution in [3.8, 4) is 5.75 Å². The minimum absolute atomic E-state index is 0.00760. The van der Waals surface area contributed by atoms with E-state index < -0.39 is 10.4 Å². The Balaban J connectivity index is 0.000000346. The number of fused-ring (bicyclic) bond motifs is 1. The SMILES string of the molecule is CC1=[N+](C)c2ccc(OC=O)cc2C1(C)C.COS(=O)(=O)[O-]. The van der Waals surface area contributed by atoms with E-state index in [1.54, 1.807) is 0 Å². The van der Waals surface area contributed by atoms with Crippen LogP contribution < -0.4 is 4.74 Å². The Morgan fingerprint density at radius 2 is 1.86 bits per heavy atom. The normalized spacial score (nSPS) is 15.7. The maximum absolute atomic E-state index is 10.3. The first-order valence-electron chi connectivity index (χ1n) is 6.38. The van der Waals surface area contributed by atoms with Gasteiger partial charge in [-0.25, -0.2) is 13.0 Å². The smallest absolute Gasteiger partial charge is 0.298 e. The molecule has 22 heavy (non-hydrogen) atoms. The largest absolute Gasteiger partial charge is 0.726 e. The Kier molecular flexibility index (Phi) is 5.44. The second-order valence-electron chi connectivity index (χ2n) is 5.24. The lowest BCUT2D eigenvalue weighted by Crippen LogP contribution is -2.25. The first-order valence-corrected chi connectivity index (χ1v) is 7.72. The van der Waals surface area contributed by atoms with Crippen LogP contribution in [-0.2, 0) is 24.8 Å². The molecule has 1 aromatic carbocycles. The highest BCUT2D eigenvalue weighted by atomic mass is 32.3. The molecule has 0 amide bonds. The predicted molar refractivity (Wildman–Crippen MR) is 79.4 cm³/mol. The van der Waals surface area contributed by atoms with E-state index in [2.05, 4.69) is 36.6 Å². The molecular formula is C14H19NO6S. The van der Waals surface area contributed by atoms with Crippen molar-refractivity contribution in [1.29, 1.82) is 0 Å². The molecule has 1 heterocycles. The van der Waals surface area contributed by atoms with E-state index >= 15 is 0 Å². The lowest BCUT2D eigenvalue weighted by Gasteiger charge is -2.15. The third-order valence-corrected chi connectivity index (χ3v) is 4.21. The fraction of sp³-hybridized carbons (Fsp3) is 0.429. The number of carbonyl (C=O) groups excluding carboxylic acids is 1. The summed E-state index contributed by atoms with van der Waals surface area (Å²) in [6.45, 7) is 6.94. The van der Waals surface area contributed by atoms with Gasteiger partial charge < -0.3 is 9.29 Å². The molecule has 0 N–H and O–H groups in total. The van der Waals surface area contributed by atoms with Crippen LogP contribution in [-0.4, -0.2) is 43.9 Å². The quantitative estimate of drug-likeness (QED) is 0.359. The molecular weight excluding hydrogens is 310 g/mol. The van der Waals surface area contributed by atoms with E-state index in [0.717, 1.165) is 7.11 Å². The molecule has 0 unspecified atom stereocenters. The Morgan fingerprint density at radius 1 is 1.32 bits per heavy atom. The molecule has 2 rings (SSSR count). The van der Waals surface area contributed by atoms with Crippen LogP contribution in [0.4, 0.5) is 5.69 Å². The lowest BCUT2D eigenvalue weighted by atomic mass is 9.82. The van der Waals surface area contributed by atoms with Gasteiger partial charge in [0.2, 0.25) is 16.1 Å². The van der Waals surface area contributed by atoms with Gasteiger partial charge in [0.25, 0.3) is 6.47 Å². The standard InChI is InChI=1S/C13H16NO2.CH4O4S/c1-9-13(2,3)11-7-10(16-8-15)5-6-12(11)14(9)4;1-5-6(2,3)4/h5-8H,1-4H3;1H3,(H,2,3,4)/q+1;/p-1. The minimum Gasteiger partial charge on any atom is -0.726 e. The predicted octanol–water partition coefficient (Wildman–Crippen LogP) is 1.34. The summed E-state index contributed by atoms with van der Waals surface area (Å²) in [5.41, 5.74) is 3.67. The Labute approximate surface area is 130 Å². The molecule has 122 valence electrons. The zero-order valence-corrected chi connectivity index (χ0v) is 13.9. The average molecular weight is 329 g/mol. The zero-order valence-electron chi connectivity index (χ0n) is 13.1. The van der Waals surface area contributed by atoms with Crippen LogP contribution >= 0.6 is 0 Å². The van der Waals surface area contributed by atoms with Gasteiger partial charge >= 0.3 is 0 Å². The van der Waals surface area contributed by atoms with Crippen molar-refractivity contribution in [3.63, 3.8) is 0 Å². The molecule has 0 saturated heterocycles. The summed E-state index contributed by atoms with van der Waals surface area (Å²) in [6, 6.07) is 5.75. The monoisotopic (exact) mass is 329 g/mol. The molecule has 0 radical (unpaired) electrons. The maximum atomic E-state index is 10.3. The molecule has 1 aliphatic rings. The fourth-order valence-electron chi connectivity index (χ4n) is 2.23. The average Bonchev–Trinajstić information content (AvgIpc) is 2.61. The van der Waals surface area contributed by atoms with Gasteiger partial charge in [-0.05, 0) is 26.0 Å². The summed E-state index contributed by atoms with van der Waals surface area (Å²) in [5, 5.41) is 0. The van der Waals surface area contributed by atoms with Crippen molar-refractivity contribution in [2.45, 2.75) is 26.2 Å². The molecule has 0 bridgehead atoms. The first kappa shape index (κ1) is 18.3. The molecule has 1 aliphatic heterocycles. The van der Waals surface area contributed by atoms with Gasteiger partial charge in [-0.2, -0.15) is 0 Å². The van der Waals surface area contributed by atoms with Crippen molar-refractivity contribution in [1.82, 2.24) is 0 Å². The van der Waals surface area contributed by atoms with Gasteiger partial charge in [0, 0.05) is 18.6 Å². The van der Waals surface area contributed by atoms with Crippen LogP contribution in [0.3, 0.4) is 0 Å². The van der Waals surface area contributed by atoms with Crippen molar-refractivity contribution in [2.24, 2.45) is 0 Å². The molecule has 0 spiro atoms. The van der Waals surface area contributed by atoms with Gasteiger partial charge in [-0.1, -0.05) is 0 Å². The van der Waals surface area contributed by atoms with Crippen molar-refractivity contribution < 1.29 is 31.3 Å². The Hall–Kier alpha value is -1.77. The van der Waals surface area contributed by atoms with Crippen molar-refractivity contribution in [3.05, 3.63) is 23.8 Å². The molecule has 0 saturated carbocycles. The topological polar surface area (TPSA) is 95.7 Å². The van der Waals surface area contributed by atoms with Gasteiger partial charge in [0.15, 0.2) is 5.71 Å². The van der Waals surface area contributed by atoms with Crippen LogP contribution in [0.2, 0.25) is 0 Å². The van der Waals surface area contributed by atoms with Crippen LogP contribution in [0.5, 0.6) is 5.75 Å². The number of nitrogens with zero attached hydrogens (tertiary/aromatic N) is 1. The van der Waals surface area contributed by atoms with Gasteiger partial charge in [0.1, 0.15) is 12.8 Å². The lowest BCUT2D eigenvalue weighted by molar-refractivity contribution is -0.403. The molecule has 7 nitrogen and oxygen atoms in total. The summed E-state index contributed by atoms with van der Waals surface area (Å²) >= 11 is 0. The molecule has 0 fully saturated rings. The zero-order chi connectivity index (χ0) is 17.1. The fourth-order valence-corrected chi connectivity index (χ4v) is 2.23. The highest BCUT2D eigenvalue weighted by Crippen LogP contribution is 2.40. The van der Waals surface area contributed by atoms with E-state index in [0.29, 0.717) is 12.2 Å². The number of ether oxygens (including phenoxy) is 1. The Morgan fingerprint density at radius 3 is 2.32 bits per heavy atom. The third-order valence-electron chi connectivity index (χ3n) is 3.80. The van der Waals surface area contributed by atoms with E-state index in [1.165, 1.54) is 17.0 Å². The highest BCUT2D eigenvalue weighted by Gasteiger charge is 2.41. The van der Waals surface area contributed by atoms with E-state index in [9.17, 15) is 17.8 Å². The number of carbonyl (C=O) groups is 1. The summed E-state index contributed by atoms with van der Waals surface area (Å²) in [5.74, 6) is 0.602. The van der Waals surface area contributed by atoms with Crippen LogP contribution in [0.25, 0.3) is 0 Å². The summed E-state index contributed by atoms with van der Waals surface area (Å²) in [7, 11) is -1.55. The number of hydrogen-bond acceptors (Lipinski definition) is 6. The van der Waals surface area contributed by atoms with E-state index in [-0.39, 0.29) is 5.41 Å². The van der Waals surface area contributed by atoms with Crippen molar-refractivity contribution >= 4 is 28.3 Å². The third kappa shape index (κ3) is 3.90. The molecule has 0 aliphatic carbocycles. The summed E-state index contributed by atoms with van der Waals surface area (Å²) in [4.78, 5) is 10.3. The van der Waals surface area contributed by atoms with Gasteiger partial charge in [0.05, 0.1) is 12.5 Å².